The predicted molar refractivity (Wildman–Crippen MR) is 137 cm³/mol. The molecule has 4 rings (SSSR count). The number of hydrogen-bond donors (Lipinski definition) is 2. The van der Waals surface area contributed by atoms with Gasteiger partial charge in [-0.25, -0.2) is 9.59 Å². The molecule has 3 aromatic carbocycles. The second kappa shape index (κ2) is 9.68. The molecule has 0 saturated carbocycles. The molecule has 0 bridgehead atoms. The molecular weight excluding hydrogens is 548 g/mol. The van der Waals surface area contributed by atoms with E-state index in [4.69, 9.17) is 28.3 Å². The summed E-state index contributed by atoms with van der Waals surface area (Å²) in [5.74, 6) is -1.68. The number of alkyl halides is 3. The molecular formula is C26H21Cl2F3N2O5. The maximum absolute atomic E-state index is 14.5. The minimum Gasteiger partial charge on any atom is -0.449 e. The van der Waals surface area contributed by atoms with Gasteiger partial charge in [-0.2, -0.15) is 13.2 Å². The topological polar surface area (TPSA) is 93.7 Å². The largest absolute Gasteiger partial charge is 0.511 e. The fourth-order valence-corrected chi connectivity index (χ4v) is 5.04. The van der Waals surface area contributed by atoms with Crippen molar-refractivity contribution in [2.75, 3.05) is 0 Å². The summed E-state index contributed by atoms with van der Waals surface area (Å²) < 4.78 is 50.8. The number of imidazole rings is 1. The van der Waals surface area contributed by atoms with Gasteiger partial charge in [-0.05, 0) is 52.6 Å². The zero-order chi connectivity index (χ0) is 28.2. The monoisotopic (exact) mass is 568 g/mol. The van der Waals surface area contributed by atoms with Crippen LogP contribution < -0.4 is 10.4 Å². The van der Waals surface area contributed by atoms with Crippen molar-refractivity contribution >= 4 is 40.4 Å². The van der Waals surface area contributed by atoms with E-state index in [1.54, 1.807) is 6.07 Å². The van der Waals surface area contributed by atoms with Crippen LogP contribution in [0.3, 0.4) is 0 Å². The third-order valence-electron chi connectivity index (χ3n) is 6.70. The molecule has 0 aliphatic heterocycles. The molecule has 2 atom stereocenters. The number of aliphatic hydroxyl groups is 1. The minimum absolute atomic E-state index is 0.0215. The molecule has 0 aliphatic carbocycles. The van der Waals surface area contributed by atoms with Gasteiger partial charge in [0.1, 0.15) is 0 Å². The Balaban J connectivity index is 1.80. The van der Waals surface area contributed by atoms with E-state index in [1.165, 1.54) is 66.6 Å². The van der Waals surface area contributed by atoms with Crippen molar-refractivity contribution in [1.29, 1.82) is 0 Å². The summed E-state index contributed by atoms with van der Waals surface area (Å²) >= 11 is 12.4. The van der Waals surface area contributed by atoms with Gasteiger partial charge in [0.15, 0.2) is 11.4 Å². The minimum atomic E-state index is -5.10. The van der Waals surface area contributed by atoms with E-state index in [1.807, 2.05) is 0 Å². The Labute approximate surface area is 224 Å². The average Bonchev–Trinajstić information content (AvgIpc) is 3.06. The SMILES string of the molecule is CC(c1ccc(-c2ccc(Cl)c(OC(=O)O)c2)cc1Cl)C(O)(c1ccc2c(c1)n(C)c(=O)n2C)C(F)(F)F. The van der Waals surface area contributed by atoms with Gasteiger partial charge in [0.2, 0.25) is 0 Å². The van der Waals surface area contributed by atoms with E-state index in [0.29, 0.717) is 16.6 Å². The Morgan fingerprint density at radius 1 is 0.921 bits per heavy atom. The smallest absolute Gasteiger partial charge is 0.449 e. The van der Waals surface area contributed by atoms with Crippen molar-refractivity contribution in [2.45, 2.75) is 24.6 Å². The van der Waals surface area contributed by atoms with Crippen molar-refractivity contribution in [3.05, 3.63) is 86.3 Å². The molecule has 0 saturated heterocycles. The van der Waals surface area contributed by atoms with Crippen LogP contribution in [0.15, 0.2) is 59.4 Å². The molecule has 1 heterocycles. The van der Waals surface area contributed by atoms with Crippen LogP contribution in [-0.4, -0.2) is 31.7 Å². The molecule has 0 radical (unpaired) electrons. The van der Waals surface area contributed by atoms with Gasteiger partial charge in [0, 0.05) is 25.0 Å². The Kier molecular flexibility index (Phi) is 7.02. The number of rotatable bonds is 5. The maximum atomic E-state index is 14.5. The molecule has 2 N–H and O–H groups in total. The Morgan fingerprint density at radius 3 is 2.13 bits per heavy atom. The quantitative estimate of drug-likeness (QED) is 0.213. The van der Waals surface area contributed by atoms with Crippen LogP contribution in [0.4, 0.5) is 18.0 Å². The first-order valence-corrected chi connectivity index (χ1v) is 11.9. The number of hydrogen-bond acceptors (Lipinski definition) is 4. The molecule has 200 valence electrons. The molecule has 0 fully saturated rings. The first-order chi connectivity index (χ1) is 17.7. The lowest BCUT2D eigenvalue weighted by Crippen LogP contribution is -2.46. The van der Waals surface area contributed by atoms with E-state index >= 15 is 0 Å². The van der Waals surface area contributed by atoms with E-state index in [2.05, 4.69) is 4.74 Å². The number of carboxylic acid groups (broad SMARTS) is 1. The number of nitrogens with zero attached hydrogens (tertiary/aromatic N) is 2. The number of carbonyl (C=O) groups is 1. The standard InChI is InChI=1S/C26H21Cl2F3N2O5/c1-13(17-7-4-14(10-19(17)28)15-5-8-18(27)22(11-15)38-24(35)36)25(37,26(29,30)31)16-6-9-20-21(12-16)33(3)23(34)32(20)2/h4-13,37H,1-3H3,(H,35,36). The summed E-state index contributed by atoms with van der Waals surface area (Å²) in [4.78, 5) is 23.2. The van der Waals surface area contributed by atoms with Crippen LogP contribution in [0.2, 0.25) is 10.0 Å². The highest BCUT2D eigenvalue weighted by Gasteiger charge is 2.59. The lowest BCUT2D eigenvalue weighted by Gasteiger charge is -2.37. The van der Waals surface area contributed by atoms with E-state index < -0.39 is 35.1 Å². The highest BCUT2D eigenvalue weighted by atomic mass is 35.5. The van der Waals surface area contributed by atoms with Crippen LogP contribution in [0.1, 0.15) is 24.0 Å². The summed E-state index contributed by atoms with van der Waals surface area (Å²) in [6.45, 7) is 1.21. The zero-order valence-electron chi connectivity index (χ0n) is 20.2. The lowest BCUT2D eigenvalue weighted by molar-refractivity contribution is -0.274. The van der Waals surface area contributed by atoms with E-state index in [0.717, 1.165) is 12.1 Å². The Morgan fingerprint density at radius 2 is 1.53 bits per heavy atom. The third-order valence-corrected chi connectivity index (χ3v) is 7.34. The molecule has 1 aromatic heterocycles. The summed E-state index contributed by atoms with van der Waals surface area (Å²) in [5, 5.41) is 20.1. The second-order valence-electron chi connectivity index (χ2n) is 8.84. The Hall–Kier alpha value is -3.47. The molecule has 7 nitrogen and oxygen atoms in total. The van der Waals surface area contributed by atoms with Crippen LogP contribution in [0, 0.1) is 0 Å². The normalized spacial score (nSPS) is 14.3. The van der Waals surface area contributed by atoms with Gasteiger partial charge in [-0.3, -0.25) is 9.13 Å². The van der Waals surface area contributed by atoms with Gasteiger partial charge >= 0.3 is 18.0 Å². The molecule has 4 aromatic rings. The van der Waals surface area contributed by atoms with Gasteiger partial charge < -0.3 is 14.9 Å². The van der Waals surface area contributed by atoms with Crippen molar-refractivity contribution in [1.82, 2.24) is 9.13 Å². The fraction of sp³-hybridized carbons (Fsp3) is 0.231. The summed E-state index contributed by atoms with van der Waals surface area (Å²) in [7, 11) is 2.94. The van der Waals surface area contributed by atoms with Crippen molar-refractivity contribution in [3.63, 3.8) is 0 Å². The van der Waals surface area contributed by atoms with Gasteiger partial charge in [0.25, 0.3) is 0 Å². The van der Waals surface area contributed by atoms with Crippen LogP contribution >= 0.6 is 23.2 Å². The van der Waals surface area contributed by atoms with E-state index in [9.17, 15) is 27.9 Å². The van der Waals surface area contributed by atoms with Crippen molar-refractivity contribution in [3.8, 4) is 16.9 Å². The maximum Gasteiger partial charge on any atom is 0.511 e. The number of halogens is 5. The summed E-state index contributed by atoms with van der Waals surface area (Å²) in [5.41, 5.74) is -2.64. The predicted octanol–water partition coefficient (Wildman–Crippen LogP) is 6.46. The second-order valence-corrected chi connectivity index (χ2v) is 9.65. The first-order valence-electron chi connectivity index (χ1n) is 11.1. The third kappa shape index (κ3) is 4.53. The summed E-state index contributed by atoms with van der Waals surface area (Å²) in [6.07, 6.45) is -6.67. The highest BCUT2D eigenvalue weighted by molar-refractivity contribution is 6.32. The highest BCUT2D eigenvalue weighted by Crippen LogP contribution is 2.50. The number of aryl methyl sites for hydroxylation is 2. The molecule has 0 spiro atoms. The number of benzene rings is 3. The zero-order valence-corrected chi connectivity index (χ0v) is 21.7. The van der Waals surface area contributed by atoms with Crippen LogP contribution in [0.25, 0.3) is 22.2 Å². The lowest BCUT2D eigenvalue weighted by atomic mass is 9.77. The first kappa shape index (κ1) is 27.6. The van der Waals surface area contributed by atoms with Crippen molar-refractivity contribution < 1.29 is 32.9 Å². The summed E-state index contributed by atoms with van der Waals surface area (Å²) in [6, 6.07) is 12.3. The fourth-order valence-electron chi connectivity index (χ4n) is 4.54. The number of aromatic nitrogens is 2. The van der Waals surface area contributed by atoms with E-state index in [-0.39, 0.29) is 26.9 Å². The molecule has 0 amide bonds. The van der Waals surface area contributed by atoms with Crippen molar-refractivity contribution in [2.24, 2.45) is 14.1 Å². The van der Waals surface area contributed by atoms with Crippen LogP contribution in [0.5, 0.6) is 5.75 Å². The molecule has 12 heteroatoms. The molecule has 38 heavy (non-hydrogen) atoms. The number of fused-ring (bicyclic) bond motifs is 1. The molecule has 2 unspecified atom stereocenters. The Bertz CT molecular complexity index is 1630. The van der Waals surface area contributed by atoms with Crippen LogP contribution in [-0.2, 0) is 19.7 Å². The van der Waals surface area contributed by atoms with Gasteiger partial charge in [-0.1, -0.05) is 54.4 Å². The molecule has 0 aliphatic rings. The number of ether oxygens (including phenoxy) is 1. The average molecular weight is 569 g/mol. The van der Waals surface area contributed by atoms with Gasteiger partial charge in [-0.15, -0.1) is 0 Å². The van der Waals surface area contributed by atoms with Gasteiger partial charge in [0.05, 0.1) is 16.1 Å².